The summed E-state index contributed by atoms with van der Waals surface area (Å²) in [6.07, 6.45) is 1.46. The van der Waals surface area contributed by atoms with Gasteiger partial charge in [0.2, 0.25) is 0 Å². The number of nitriles is 1. The van der Waals surface area contributed by atoms with E-state index >= 15 is 0 Å². The van der Waals surface area contributed by atoms with Gasteiger partial charge in [0.1, 0.15) is 23.2 Å². The second-order valence-corrected chi connectivity index (χ2v) is 9.07. The Kier molecular flexibility index (Phi) is 6.18. The van der Waals surface area contributed by atoms with Gasteiger partial charge in [-0.25, -0.2) is 4.39 Å². The van der Waals surface area contributed by atoms with Crippen LogP contribution in [0.5, 0.6) is 5.75 Å². The predicted molar refractivity (Wildman–Crippen MR) is 114 cm³/mol. The summed E-state index contributed by atoms with van der Waals surface area (Å²) in [5.74, 6) is -1.05. The average Bonchev–Trinajstić information content (AvgIpc) is 2.60. The van der Waals surface area contributed by atoms with Gasteiger partial charge in [-0.05, 0) is 46.7 Å². The van der Waals surface area contributed by atoms with E-state index in [2.05, 4.69) is 5.32 Å². The summed E-state index contributed by atoms with van der Waals surface area (Å²) in [5, 5.41) is 22.7. The Morgan fingerprint density at radius 1 is 1.07 bits per heavy atom. The number of carbonyl (C=O) groups excluding carboxylic acids is 1. The van der Waals surface area contributed by atoms with Gasteiger partial charge in [-0.3, -0.25) is 4.79 Å². The maximum Gasteiger partial charge on any atom is 0.266 e. The lowest BCUT2D eigenvalue weighted by atomic mass is 9.78. The van der Waals surface area contributed by atoms with E-state index in [-0.39, 0.29) is 27.8 Å². The number of anilines is 1. The second kappa shape index (κ2) is 8.08. The first-order valence-corrected chi connectivity index (χ1v) is 9.40. The molecule has 0 heterocycles. The van der Waals surface area contributed by atoms with Crippen molar-refractivity contribution in [3.8, 4) is 11.8 Å². The molecule has 2 aromatic carbocycles. The molecule has 0 saturated heterocycles. The van der Waals surface area contributed by atoms with Crippen LogP contribution in [0.15, 0.2) is 42.0 Å². The molecule has 5 heteroatoms. The van der Waals surface area contributed by atoms with Gasteiger partial charge in [-0.1, -0.05) is 53.7 Å². The number of phenolic OH excluding ortho intramolecular Hbond substituents is 1. The Balaban J connectivity index is 2.54. The Bertz CT molecular complexity index is 968. The van der Waals surface area contributed by atoms with E-state index in [1.807, 2.05) is 47.6 Å². The van der Waals surface area contributed by atoms with Crippen LogP contribution in [-0.2, 0) is 15.6 Å². The molecule has 152 valence electrons. The molecule has 4 nitrogen and oxygen atoms in total. The van der Waals surface area contributed by atoms with Crippen molar-refractivity contribution in [2.45, 2.75) is 52.4 Å². The van der Waals surface area contributed by atoms with Crippen LogP contribution in [0.1, 0.15) is 58.2 Å². The number of para-hydroxylation sites is 1. The first kappa shape index (κ1) is 22.2. The summed E-state index contributed by atoms with van der Waals surface area (Å²) < 4.78 is 13.8. The van der Waals surface area contributed by atoms with Gasteiger partial charge in [0, 0.05) is 11.1 Å². The minimum atomic E-state index is -0.694. The predicted octanol–water partition coefficient (Wildman–Crippen LogP) is 5.67. The number of phenols is 1. The lowest BCUT2D eigenvalue weighted by Crippen LogP contribution is -2.18. The lowest BCUT2D eigenvalue weighted by molar-refractivity contribution is -0.112. The van der Waals surface area contributed by atoms with Gasteiger partial charge in [0.15, 0.2) is 0 Å². The second-order valence-electron chi connectivity index (χ2n) is 9.07. The van der Waals surface area contributed by atoms with Crippen LogP contribution in [0.2, 0.25) is 0 Å². The fourth-order valence-electron chi connectivity index (χ4n) is 2.95. The number of nitrogens with zero attached hydrogens (tertiary/aromatic N) is 1. The zero-order chi connectivity index (χ0) is 22.0. The normalized spacial score (nSPS) is 12.4. The summed E-state index contributed by atoms with van der Waals surface area (Å²) in [6, 6.07) is 11.2. The minimum Gasteiger partial charge on any atom is -0.507 e. The molecular formula is C24H27FN2O2. The van der Waals surface area contributed by atoms with Gasteiger partial charge >= 0.3 is 0 Å². The van der Waals surface area contributed by atoms with E-state index in [9.17, 15) is 19.6 Å². The standard InChI is InChI=1S/C24H27FN2O2/c1-23(2,3)17-12-15(13-18(21(17)28)24(4,5)6)11-16(14-26)22(29)27-20-10-8-7-9-19(20)25/h7-13,28H,1-6H3,(H,27,29)/b16-11+. The molecule has 0 unspecified atom stereocenters. The molecule has 0 spiro atoms. The Hall–Kier alpha value is -3.13. The monoisotopic (exact) mass is 394 g/mol. The number of carbonyl (C=O) groups is 1. The average molecular weight is 394 g/mol. The first-order valence-electron chi connectivity index (χ1n) is 9.40. The number of nitrogens with one attached hydrogen (secondary N) is 1. The molecule has 1 amide bonds. The molecule has 0 aliphatic carbocycles. The number of halogens is 1. The van der Waals surface area contributed by atoms with Crippen molar-refractivity contribution < 1.29 is 14.3 Å². The van der Waals surface area contributed by atoms with Gasteiger partial charge in [-0.2, -0.15) is 5.26 Å². The van der Waals surface area contributed by atoms with E-state index in [1.165, 1.54) is 24.3 Å². The molecule has 0 fully saturated rings. The highest BCUT2D eigenvalue weighted by Crippen LogP contribution is 2.40. The third-order valence-corrected chi connectivity index (χ3v) is 4.55. The van der Waals surface area contributed by atoms with E-state index in [0.717, 1.165) is 11.1 Å². The summed E-state index contributed by atoms with van der Waals surface area (Å²) in [5.41, 5.74) is 1.25. The molecule has 0 aliphatic rings. The SMILES string of the molecule is CC(C)(C)c1cc(/C=C(\C#N)C(=O)Nc2ccccc2F)cc(C(C)(C)C)c1O. The van der Waals surface area contributed by atoms with Gasteiger partial charge in [0.05, 0.1) is 5.69 Å². The number of aromatic hydroxyl groups is 1. The van der Waals surface area contributed by atoms with Crippen molar-refractivity contribution >= 4 is 17.7 Å². The smallest absolute Gasteiger partial charge is 0.266 e. The van der Waals surface area contributed by atoms with Crippen LogP contribution in [0.3, 0.4) is 0 Å². The van der Waals surface area contributed by atoms with Gasteiger partial charge in [-0.15, -0.1) is 0 Å². The molecule has 0 bridgehead atoms. The number of benzene rings is 2. The number of hydrogen-bond donors (Lipinski definition) is 2. The Morgan fingerprint density at radius 2 is 1.59 bits per heavy atom. The van der Waals surface area contributed by atoms with E-state index in [1.54, 1.807) is 18.2 Å². The fraction of sp³-hybridized carbons (Fsp3) is 0.333. The summed E-state index contributed by atoms with van der Waals surface area (Å²) in [7, 11) is 0. The summed E-state index contributed by atoms with van der Waals surface area (Å²) in [6.45, 7) is 11.9. The molecule has 2 N–H and O–H groups in total. The van der Waals surface area contributed by atoms with Crippen LogP contribution in [0.25, 0.3) is 6.08 Å². The molecular weight excluding hydrogens is 367 g/mol. The Morgan fingerprint density at radius 3 is 2.03 bits per heavy atom. The summed E-state index contributed by atoms with van der Waals surface area (Å²) in [4.78, 5) is 12.5. The zero-order valence-corrected chi connectivity index (χ0v) is 17.7. The van der Waals surface area contributed by atoms with Crippen molar-refractivity contribution in [3.05, 3.63) is 64.5 Å². The highest BCUT2D eigenvalue weighted by molar-refractivity contribution is 6.09. The maximum atomic E-state index is 13.8. The highest BCUT2D eigenvalue weighted by atomic mass is 19.1. The lowest BCUT2D eigenvalue weighted by Gasteiger charge is -2.28. The van der Waals surface area contributed by atoms with Crippen molar-refractivity contribution in [2.75, 3.05) is 5.32 Å². The Labute approximate surface area is 171 Å². The molecule has 0 radical (unpaired) electrons. The zero-order valence-electron chi connectivity index (χ0n) is 17.7. The van der Waals surface area contributed by atoms with Gasteiger partial charge in [0.25, 0.3) is 5.91 Å². The van der Waals surface area contributed by atoms with Crippen LogP contribution in [0.4, 0.5) is 10.1 Å². The largest absolute Gasteiger partial charge is 0.507 e. The molecule has 0 atom stereocenters. The fourth-order valence-corrected chi connectivity index (χ4v) is 2.95. The number of amides is 1. The molecule has 0 aromatic heterocycles. The van der Waals surface area contributed by atoms with E-state index in [4.69, 9.17) is 0 Å². The topological polar surface area (TPSA) is 73.1 Å². The van der Waals surface area contributed by atoms with Crippen molar-refractivity contribution in [1.82, 2.24) is 0 Å². The van der Waals surface area contributed by atoms with Crippen molar-refractivity contribution in [2.24, 2.45) is 0 Å². The van der Waals surface area contributed by atoms with Crippen LogP contribution < -0.4 is 5.32 Å². The minimum absolute atomic E-state index is 0.00937. The summed E-state index contributed by atoms with van der Waals surface area (Å²) >= 11 is 0. The van der Waals surface area contributed by atoms with Crippen LogP contribution in [-0.4, -0.2) is 11.0 Å². The van der Waals surface area contributed by atoms with E-state index in [0.29, 0.717) is 5.56 Å². The molecule has 0 aliphatic heterocycles. The number of rotatable bonds is 3. The van der Waals surface area contributed by atoms with Crippen molar-refractivity contribution in [3.63, 3.8) is 0 Å². The van der Waals surface area contributed by atoms with Crippen LogP contribution in [0, 0.1) is 17.1 Å². The van der Waals surface area contributed by atoms with Gasteiger partial charge < -0.3 is 10.4 Å². The third-order valence-electron chi connectivity index (χ3n) is 4.55. The third kappa shape index (κ3) is 5.23. The van der Waals surface area contributed by atoms with E-state index < -0.39 is 11.7 Å². The quantitative estimate of drug-likeness (QED) is 0.520. The highest BCUT2D eigenvalue weighted by Gasteiger charge is 2.26. The molecule has 29 heavy (non-hydrogen) atoms. The molecule has 2 rings (SSSR count). The molecule has 0 saturated carbocycles. The van der Waals surface area contributed by atoms with Crippen LogP contribution >= 0.6 is 0 Å². The first-order chi connectivity index (χ1) is 13.3. The number of hydrogen-bond acceptors (Lipinski definition) is 3. The molecule has 2 aromatic rings. The van der Waals surface area contributed by atoms with Crippen molar-refractivity contribution in [1.29, 1.82) is 5.26 Å². The maximum absolute atomic E-state index is 13.8.